The monoisotopic (exact) mass is 208 g/mol. The Labute approximate surface area is 86.7 Å². The molecule has 80 valence electrons. The lowest BCUT2D eigenvalue weighted by molar-refractivity contribution is 0.141. The number of aromatic nitrogens is 4. The molecule has 15 heavy (non-hydrogen) atoms. The lowest BCUT2D eigenvalue weighted by Crippen LogP contribution is -2.06. The van der Waals surface area contributed by atoms with E-state index in [1.807, 2.05) is 6.92 Å². The van der Waals surface area contributed by atoms with Crippen LogP contribution in [0.4, 0.5) is 0 Å². The highest BCUT2D eigenvalue weighted by Crippen LogP contribution is 2.10. The van der Waals surface area contributed by atoms with Crippen LogP contribution < -0.4 is 4.74 Å². The number of nitrogens with one attached hydrogen (secondary N) is 1. The predicted octanol–water partition coefficient (Wildman–Crippen LogP) is 0.687. The second-order valence-corrected chi connectivity index (χ2v) is 3.05. The van der Waals surface area contributed by atoms with Gasteiger partial charge in [0, 0.05) is 7.11 Å². The van der Waals surface area contributed by atoms with Crippen LogP contribution in [0.25, 0.3) is 11.2 Å². The molecule has 0 atom stereocenters. The molecule has 0 bridgehead atoms. The number of hydrogen-bond acceptors (Lipinski definition) is 5. The maximum atomic E-state index is 5.27. The van der Waals surface area contributed by atoms with E-state index in [9.17, 15) is 0 Å². The van der Waals surface area contributed by atoms with Crippen molar-refractivity contribution in [1.82, 2.24) is 19.9 Å². The van der Waals surface area contributed by atoms with E-state index in [0.29, 0.717) is 24.9 Å². The maximum Gasteiger partial charge on any atom is 0.318 e. The number of imidazole rings is 1. The molecule has 2 aromatic rings. The van der Waals surface area contributed by atoms with E-state index in [4.69, 9.17) is 9.47 Å². The first kappa shape index (κ1) is 9.85. The molecular weight excluding hydrogens is 196 g/mol. The number of aromatic amines is 1. The third kappa shape index (κ3) is 2.21. The van der Waals surface area contributed by atoms with Crippen LogP contribution in [0.3, 0.4) is 0 Å². The second-order valence-electron chi connectivity index (χ2n) is 3.05. The third-order valence-corrected chi connectivity index (χ3v) is 1.85. The molecule has 0 saturated carbocycles. The molecule has 2 aromatic heterocycles. The highest BCUT2D eigenvalue weighted by atomic mass is 16.5. The van der Waals surface area contributed by atoms with E-state index < -0.39 is 0 Å². The molecule has 0 aliphatic rings. The number of H-pyrrole nitrogens is 1. The summed E-state index contributed by atoms with van der Waals surface area (Å²) in [5.74, 6) is 0.813. The fourth-order valence-electron chi connectivity index (χ4n) is 1.20. The molecule has 0 radical (unpaired) electrons. The quantitative estimate of drug-likeness (QED) is 0.748. The van der Waals surface area contributed by atoms with Crippen LogP contribution in [0, 0.1) is 6.92 Å². The van der Waals surface area contributed by atoms with Gasteiger partial charge in [-0.05, 0) is 6.92 Å². The van der Waals surface area contributed by atoms with Gasteiger partial charge in [-0.3, -0.25) is 0 Å². The van der Waals surface area contributed by atoms with Gasteiger partial charge in [0.15, 0.2) is 5.65 Å². The van der Waals surface area contributed by atoms with Crippen molar-refractivity contribution in [3.63, 3.8) is 0 Å². The SMILES string of the molecule is COCCOc1ncc2nc(C)[nH]c2n1. The zero-order valence-electron chi connectivity index (χ0n) is 8.65. The summed E-state index contributed by atoms with van der Waals surface area (Å²) in [6, 6.07) is 0.336. The molecule has 1 N–H and O–H groups in total. The second kappa shape index (κ2) is 4.22. The van der Waals surface area contributed by atoms with Gasteiger partial charge < -0.3 is 14.5 Å². The molecule has 0 saturated heterocycles. The van der Waals surface area contributed by atoms with Crippen molar-refractivity contribution in [2.75, 3.05) is 20.3 Å². The minimum atomic E-state index is 0.336. The fourth-order valence-corrected chi connectivity index (χ4v) is 1.20. The summed E-state index contributed by atoms with van der Waals surface area (Å²) in [7, 11) is 1.62. The van der Waals surface area contributed by atoms with Crippen LogP contribution in [0.5, 0.6) is 6.01 Å². The van der Waals surface area contributed by atoms with Crippen LogP contribution in [0.15, 0.2) is 6.20 Å². The largest absolute Gasteiger partial charge is 0.461 e. The molecule has 0 aromatic carbocycles. The zero-order chi connectivity index (χ0) is 10.7. The molecule has 6 nitrogen and oxygen atoms in total. The Balaban J connectivity index is 2.15. The maximum absolute atomic E-state index is 5.27. The molecule has 0 spiro atoms. The Morgan fingerprint density at radius 1 is 1.33 bits per heavy atom. The van der Waals surface area contributed by atoms with Crippen molar-refractivity contribution in [1.29, 1.82) is 0 Å². The van der Waals surface area contributed by atoms with E-state index in [-0.39, 0.29) is 0 Å². The minimum Gasteiger partial charge on any atom is -0.461 e. The summed E-state index contributed by atoms with van der Waals surface area (Å²) in [5, 5.41) is 0. The van der Waals surface area contributed by atoms with E-state index in [1.54, 1.807) is 13.3 Å². The Kier molecular flexibility index (Phi) is 2.77. The molecule has 2 heterocycles. The van der Waals surface area contributed by atoms with Crippen LogP contribution in [-0.4, -0.2) is 40.3 Å². The molecule has 0 fully saturated rings. The van der Waals surface area contributed by atoms with Crippen molar-refractivity contribution in [2.24, 2.45) is 0 Å². The van der Waals surface area contributed by atoms with Crippen LogP contribution in [0.1, 0.15) is 5.82 Å². The smallest absolute Gasteiger partial charge is 0.318 e. The van der Waals surface area contributed by atoms with Crippen molar-refractivity contribution >= 4 is 11.2 Å². The van der Waals surface area contributed by atoms with Crippen LogP contribution in [0.2, 0.25) is 0 Å². The van der Waals surface area contributed by atoms with Crippen molar-refractivity contribution in [2.45, 2.75) is 6.92 Å². The standard InChI is InChI=1S/C9H12N4O2/c1-6-11-7-5-10-9(13-8(7)12-6)15-4-3-14-2/h5H,3-4H2,1-2H3,(H,10,11,12,13). The topological polar surface area (TPSA) is 72.9 Å². The summed E-state index contributed by atoms with van der Waals surface area (Å²) in [6.07, 6.45) is 1.63. The lowest BCUT2D eigenvalue weighted by atomic mass is 10.6. The van der Waals surface area contributed by atoms with Gasteiger partial charge in [-0.15, -0.1) is 0 Å². The fraction of sp³-hybridized carbons (Fsp3) is 0.444. The number of rotatable bonds is 4. The molecule has 0 aliphatic carbocycles. The van der Waals surface area contributed by atoms with Crippen LogP contribution in [-0.2, 0) is 4.74 Å². The first-order valence-electron chi connectivity index (χ1n) is 4.60. The number of methoxy groups -OCH3 is 1. The number of ether oxygens (including phenoxy) is 2. The van der Waals surface area contributed by atoms with E-state index in [1.165, 1.54) is 0 Å². The minimum absolute atomic E-state index is 0.336. The number of hydrogen-bond donors (Lipinski definition) is 1. The summed E-state index contributed by atoms with van der Waals surface area (Å²) >= 11 is 0. The van der Waals surface area contributed by atoms with Gasteiger partial charge in [-0.1, -0.05) is 0 Å². The average molecular weight is 208 g/mol. The Morgan fingerprint density at radius 2 is 2.20 bits per heavy atom. The van der Waals surface area contributed by atoms with Gasteiger partial charge in [-0.2, -0.15) is 4.98 Å². The first-order chi connectivity index (χ1) is 7.29. The van der Waals surface area contributed by atoms with Gasteiger partial charge in [0.25, 0.3) is 0 Å². The summed E-state index contributed by atoms with van der Waals surface area (Å²) < 4.78 is 10.1. The molecular formula is C9H12N4O2. The highest BCUT2D eigenvalue weighted by molar-refractivity contribution is 5.69. The Morgan fingerprint density at radius 3 is 3.00 bits per heavy atom. The highest BCUT2D eigenvalue weighted by Gasteiger charge is 2.04. The van der Waals surface area contributed by atoms with Crippen molar-refractivity contribution in [3.05, 3.63) is 12.0 Å². The summed E-state index contributed by atoms with van der Waals surface area (Å²) in [6.45, 7) is 2.83. The summed E-state index contributed by atoms with van der Waals surface area (Å²) in [4.78, 5) is 15.4. The molecule has 0 amide bonds. The third-order valence-electron chi connectivity index (χ3n) is 1.85. The van der Waals surface area contributed by atoms with Gasteiger partial charge in [-0.25, -0.2) is 9.97 Å². The van der Waals surface area contributed by atoms with E-state index >= 15 is 0 Å². The van der Waals surface area contributed by atoms with Gasteiger partial charge >= 0.3 is 6.01 Å². The van der Waals surface area contributed by atoms with Gasteiger partial charge in [0.1, 0.15) is 17.9 Å². The molecule has 0 unspecified atom stereocenters. The van der Waals surface area contributed by atoms with Gasteiger partial charge in [0.05, 0.1) is 12.8 Å². The van der Waals surface area contributed by atoms with E-state index in [2.05, 4.69) is 19.9 Å². The summed E-state index contributed by atoms with van der Waals surface area (Å²) in [5.41, 5.74) is 1.43. The molecule has 0 aliphatic heterocycles. The van der Waals surface area contributed by atoms with Crippen molar-refractivity contribution in [3.8, 4) is 6.01 Å². The normalized spacial score (nSPS) is 10.8. The van der Waals surface area contributed by atoms with Crippen LogP contribution >= 0.6 is 0 Å². The molecule has 6 heteroatoms. The Bertz CT molecular complexity index is 454. The number of aryl methyl sites for hydroxylation is 1. The lowest BCUT2D eigenvalue weighted by Gasteiger charge is -2.01. The van der Waals surface area contributed by atoms with E-state index in [0.717, 1.165) is 11.3 Å². The average Bonchev–Trinajstić information content (AvgIpc) is 2.57. The first-order valence-corrected chi connectivity index (χ1v) is 4.60. The predicted molar refractivity (Wildman–Crippen MR) is 53.8 cm³/mol. The zero-order valence-corrected chi connectivity index (χ0v) is 8.65. The Hall–Kier alpha value is -1.69. The number of fused-ring (bicyclic) bond motifs is 1. The molecule has 2 rings (SSSR count). The number of nitrogens with zero attached hydrogens (tertiary/aromatic N) is 3. The van der Waals surface area contributed by atoms with Gasteiger partial charge in [0.2, 0.25) is 0 Å². The van der Waals surface area contributed by atoms with Crippen molar-refractivity contribution < 1.29 is 9.47 Å².